The van der Waals surface area contributed by atoms with Crippen LogP contribution < -0.4 is 10.6 Å². The van der Waals surface area contributed by atoms with Gasteiger partial charge >= 0.3 is 0 Å². The van der Waals surface area contributed by atoms with E-state index in [1.165, 1.54) is 27.4 Å². The van der Waals surface area contributed by atoms with Gasteiger partial charge in [0.1, 0.15) is 0 Å². The Hall–Kier alpha value is -1.69. The fourth-order valence-electron chi connectivity index (χ4n) is 2.86. The molecule has 11 heteroatoms. The van der Waals surface area contributed by atoms with Crippen molar-refractivity contribution >= 4 is 49.8 Å². The number of rotatable bonds is 8. The molecule has 0 aliphatic carbocycles. The Morgan fingerprint density at radius 3 is 2.52 bits per heavy atom. The van der Waals surface area contributed by atoms with Crippen LogP contribution in [0.3, 0.4) is 0 Å². The number of piperidine rings is 1. The quantitative estimate of drug-likeness (QED) is 0.589. The predicted molar refractivity (Wildman–Crippen MR) is 117 cm³/mol. The zero-order valence-corrected chi connectivity index (χ0v) is 18.9. The maximum Gasteiger partial charge on any atom is 0.243 e. The average Bonchev–Trinajstić information content (AvgIpc) is 3.14. The summed E-state index contributed by atoms with van der Waals surface area (Å²) in [5.74, 6) is 0.0136. The number of sulfonamides is 1. The molecule has 1 fully saturated rings. The lowest BCUT2D eigenvalue weighted by molar-refractivity contribution is -0.113. The highest BCUT2D eigenvalue weighted by molar-refractivity contribution is 8.01. The van der Waals surface area contributed by atoms with Gasteiger partial charge in [-0.1, -0.05) is 29.5 Å². The molecule has 0 atom stereocenters. The van der Waals surface area contributed by atoms with Crippen molar-refractivity contribution in [2.75, 3.05) is 29.5 Å². The van der Waals surface area contributed by atoms with Crippen LogP contribution in [-0.2, 0) is 14.8 Å². The minimum absolute atomic E-state index is 0.185. The maximum atomic E-state index is 12.7. The van der Waals surface area contributed by atoms with E-state index < -0.39 is 10.0 Å². The lowest BCUT2D eigenvalue weighted by atomic mass is 10.2. The van der Waals surface area contributed by atoms with E-state index in [1.807, 2.05) is 13.8 Å². The van der Waals surface area contributed by atoms with Crippen LogP contribution in [0.1, 0.15) is 33.1 Å². The zero-order chi connectivity index (χ0) is 20.9. The fourth-order valence-corrected chi connectivity index (χ4v) is 6.08. The van der Waals surface area contributed by atoms with Gasteiger partial charge in [0.05, 0.1) is 10.6 Å². The molecule has 0 spiro atoms. The molecule has 2 heterocycles. The smallest absolute Gasteiger partial charge is 0.243 e. The molecular weight excluding hydrogens is 430 g/mol. The molecule has 1 aromatic carbocycles. The van der Waals surface area contributed by atoms with E-state index in [9.17, 15) is 13.2 Å². The monoisotopic (exact) mass is 455 g/mol. The molecule has 3 rings (SSSR count). The average molecular weight is 456 g/mol. The minimum Gasteiger partial charge on any atom is -0.358 e. The van der Waals surface area contributed by atoms with E-state index in [-0.39, 0.29) is 22.6 Å². The van der Waals surface area contributed by atoms with Gasteiger partial charge < -0.3 is 10.6 Å². The number of nitrogens with one attached hydrogen (secondary N) is 2. The van der Waals surface area contributed by atoms with Gasteiger partial charge in [0, 0.05) is 24.8 Å². The normalized spacial score (nSPS) is 15.4. The molecule has 1 aliphatic heterocycles. The number of nitrogens with zero attached hydrogens (tertiary/aromatic N) is 3. The molecule has 1 saturated heterocycles. The fraction of sp³-hybridized carbons (Fsp3) is 0.500. The molecule has 8 nitrogen and oxygen atoms in total. The van der Waals surface area contributed by atoms with E-state index in [4.69, 9.17) is 0 Å². The van der Waals surface area contributed by atoms with Crippen LogP contribution in [0.2, 0.25) is 0 Å². The Labute approximate surface area is 179 Å². The number of anilines is 2. The van der Waals surface area contributed by atoms with Crippen LogP contribution in [0, 0.1) is 0 Å². The first-order chi connectivity index (χ1) is 13.8. The predicted octanol–water partition coefficient (Wildman–Crippen LogP) is 3.26. The van der Waals surface area contributed by atoms with Crippen LogP contribution in [-0.4, -0.2) is 53.7 Å². The van der Waals surface area contributed by atoms with E-state index in [1.54, 1.807) is 24.3 Å². The second kappa shape index (κ2) is 9.88. The Kier molecular flexibility index (Phi) is 7.49. The van der Waals surface area contributed by atoms with Gasteiger partial charge in [-0.25, -0.2) is 8.42 Å². The molecule has 158 valence electrons. The summed E-state index contributed by atoms with van der Waals surface area (Å²) in [6.45, 7) is 5.17. The van der Waals surface area contributed by atoms with E-state index in [0.717, 1.165) is 24.4 Å². The van der Waals surface area contributed by atoms with E-state index in [2.05, 4.69) is 20.8 Å². The Bertz CT molecular complexity index is 922. The number of carbonyl (C=O) groups excluding carboxylic acids is 1. The summed E-state index contributed by atoms with van der Waals surface area (Å²) in [5.41, 5.74) is 0.563. The van der Waals surface area contributed by atoms with Gasteiger partial charge in [-0.3, -0.25) is 4.79 Å². The van der Waals surface area contributed by atoms with Crippen LogP contribution in [0.4, 0.5) is 10.8 Å². The van der Waals surface area contributed by atoms with E-state index >= 15 is 0 Å². The van der Waals surface area contributed by atoms with Crippen LogP contribution in [0.25, 0.3) is 0 Å². The molecule has 1 amide bonds. The van der Waals surface area contributed by atoms with Crippen LogP contribution in [0.15, 0.2) is 33.5 Å². The van der Waals surface area contributed by atoms with Crippen molar-refractivity contribution in [1.29, 1.82) is 0 Å². The SMILES string of the molecule is CC(C)Nc1nnc(SCC(=O)Nc2ccc(S(=O)(=O)N3CCCCC3)cc2)s1. The van der Waals surface area contributed by atoms with Gasteiger partial charge in [-0.15, -0.1) is 10.2 Å². The van der Waals surface area contributed by atoms with Crippen LogP contribution >= 0.6 is 23.1 Å². The molecule has 2 N–H and O–H groups in total. The largest absolute Gasteiger partial charge is 0.358 e. The summed E-state index contributed by atoms with van der Waals surface area (Å²) in [6.07, 6.45) is 2.87. The zero-order valence-electron chi connectivity index (χ0n) is 16.4. The third kappa shape index (κ3) is 6.14. The highest BCUT2D eigenvalue weighted by Gasteiger charge is 2.25. The molecule has 29 heavy (non-hydrogen) atoms. The van der Waals surface area contributed by atoms with Crippen molar-refractivity contribution in [3.63, 3.8) is 0 Å². The number of amides is 1. The molecule has 0 radical (unpaired) electrons. The molecule has 0 bridgehead atoms. The van der Waals surface area contributed by atoms with Gasteiger partial charge in [-0.2, -0.15) is 4.31 Å². The van der Waals surface area contributed by atoms with Crippen molar-refractivity contribution in [3.05, 3.63) is 24.3 Å². The lowest BCUT2D eigenvalue weighted by Gasteiger charge is -2.25. The van der Waals surface area contributed by atoms with Crippen molar-refractivity contribution < 1.29 is 13.2 Å². The number of hydrogen-bond acceptors (Lipinski definition) is 8. The Morgan fingerprint density at radius 2 is 1.86 bits per heavy atom. The maximum absolute atomic E-state index is 12.7. The van der Waals surface area contributed by atoms with E-state index in [0.29, 0.717) is 23.1 Å². The van der Waals surface area contributed by atoms with Gasteiger partial charge in [-0.05, 0) is 51.0 Å². The summed E-state index contributed by atoms with van der Waals surface area (Å²) in [5, 5.41) is 14.8. The van der Waals surface area contributed by atoms with Crippen molar-refractivity contribution in [2.24, 2.45) is 0 Å². The summed E-state index contributed by atoms with van der Waals surface area (Å²) in [7, 11) is -3.46. The van der Waals surface area contributed by atoms with Gasteiger partial charge in [0.15, 0.2) is 4.34 Å². The van der Waals surface area contributed by atoms with Crippen molar-refractivity contribution in [2.45, 2.75) is 48.4 Å². The molecule has 1 aromatic heterocycles. The second-order valence-electron chi connectivity index (χ2n) is 7.00. The van der Waals surface area contributed by atoms with Crippen molar-refractivity contribution in [3.8, 4) is 0 Å². The number of benzene rings is 1. The lowest BCUT2D eigenvalue weighted by Crippen LogP contribution is -2.35. The molecule has 0 saturated carbocycles. The first kappa shape index (κ1) is 22.0. The van der Waals surface area contributed by atoms with Crippen molar-refractivity contribution in [1.82, 2.24) is 14.5 Å². The first-order valence-corrected chi connectivity index (χ1v) is 12.7. The molecule has 1 aliphatic rings. The third-order valence-electron chi connectivity index (χ3n) is 4.24. The number of thioether (sulfide) groups is 1. The number of hydrogen-bond donors (Lipinski definition) is 2. The summed E-state index contributed by atoms with van der Waals surface area (Å²) < 4.78 is 27.6. The standard InChI is InChI=1S/C18H25N5O3S3/c1-13(2)19-17-21-22-18(28-17)27-12-16(24)20-14-6-8-15(9-7-14)29(25,26)23-10-4-3-5-11-23/h6-9,13H,3-5,10-12H2,1-2H3,(H,19,21)(H,20,24). The first-order valence-electron chi connectivity index (χ1n) is 9.47. The highest BCUT2D eigenvalue weighted by atomic mass is 32.2. The number of carbonyl (C=O) groups is 1. The third-order valence-corrected chi connectivity index (χ3v) is 8.14. The van der Waals surface area contributed by atoms with Gasteiger partial charge in [0.25, 0.3) is 0 Å². The van der Waals surface area contributed by atoms with Crippen LogP contribution in [0.5, 0.6) is 0 Å². The Morgan fingerprint density at radius 1 is 1.17 bits per heavy atom. The Balaban J connectivity index is 1.52. The summed E-state index contributed by atoms with van der Waals surface area (Å²) in [6, 6.07) is 6.60. The topological polar surface area (TPSA) is 104 Å². The molecule has 2 aromatic rings. The summed E-state index contributed by atoms with van der Waals surface area (Å²) in [4.78, 5) is 12.4. The molecule has 0 unspecified atom stereocenters. The molecular formula is C18H25N5O3S3. The minimum atomic E-state index is -3.46. The highest BCUT2D eigenvalue weighted by Crippen LogP contribution is 2.26. The number of aromatic nitrogens is 2. The second-order valence-corrected chi connectivity index (χ2v) is 11.1. The summed E-state index contributed by atoms with van der Waals surface area (Å²) >= 11 is 2.72. The van der Waals surface area contributed by atoms with Gasteiger partial charge in [0.2, 0.25) is 21.1 Å².